The fourth-order valence-electron chi connectivity index (χ4n) is 3.20. The van der Waals surface area contributed by atoms with Crippen molar-refractivity contribution in [2.75, 3.05) is 0 Å². The van der Waals surface area contributed by atoms with Crippen molar-refractivity contribution in [2.24, 2.45) is 12.2 Å². The Morgan fingerprint density at radius 2 is 1.96 bits per heavy atom. The second kappa shape index (κ2) is 6.56. The number of hydrogen-bond donors (Lipinski definition) is 0. The number of rotatable bonds is 3. The van der Waals surface area contributed by atoms with Crippen LogP contribution in [-0.4, -0.2) is 20.1 Å². The molecule has 0 spiro atoms. The number of nitro groups is 2. The first-order valence-electron chi connectivity index (χ1n) is 7.23. The van der Waals surface area contributed by atoms with Gasteiger partial charge in [0.05, 0.1) is 21.6 Å². The van der Waals surface area contributed by atoms with Crippen molar-refractivity contribution in [1.82, 2.24) is 4.57 Å². The summed E-state index contributed by atoms with van der Waals surface area (Å²) in [5.74, 6) is -0.911. The average Bonchev–Trinajstić information content (AvgIpc) is 3.18. The Kier molecular flexibility index (Phi) is 4.57. The monoisotopic (exact) mass is 363 g/mol. The number of benzene rings is 1. The Morgan fingerprint density at radius 1 is 1.23 bits per heavy atom. The Hall–Kier alpha value is -2.69. The summed E-state index contributed by atoms with van der Waals surface area (Å²) in [4.78, 5) is 26.1. The van der Waals surface area contributed by atoms with Crippen molar-refractivity contribution in [1.29, 1.82) is 0 Å². The minimum atomic E-state index is -0.911. The van der Waals surface area contributed by atoms with Crippen molar-refractivity contribution >= 4 is 16.6 Å². The molecule has 0 bridgehead atoms. The normalized spacial score (nSPS) is 18.3. The second-order valence-electron chi connectivity index (χ2n) is 5.61. The zero-order valence-electron chi connectivity index (χ0n) is 13.8. The fraction of sp³-hybridized carbons (Fsp3) is 0.133. The van der Waals surface area contributed by atoms with Crippen molar-refractivity contribution in [2.45, 2.75) is 5.92 Å². The van der Waals surface area contributed by atoms with Gasteiger partial charge in [-0.1, -0.05) is 18.2 Å². The Balaban J connectivity index is 0.00000196. The molecule has 10 nitrogen and oxygen atoms in total. The third-order valence-electron chi connectivity index (χ3n) is 4.26. The first-order chi connectivity index (χ1) is 12.0. The van der Waals surface area contributed by atoms with Crippen LogP contribution in [0.3, 0.4) is 0 Å². The molecule has 1 aliphatic carbocycles. The van der Waals surface area contributed by atoms with Gasteiger partial charge in [0.2, 0.25) is 0 Å². The summed E-state index contributed by atoms with van der Waals surface area (Å²) in [6, 6.07) is 7.40. The predicted molar refractivity (Wildman–Crippen MR) is 86.6 cm³/mol. The summed E-state index contributed by atoms with van der Waals surface area (Å²) in [6.45, 7) is 0. The number of para-hydroxylation sites is 1. The summed E-state index contributed by atoms with van der Waals surface area (Å²) >= 11 is 0. The molecule has 11 heteroatoms. The van der Waals surface area contributed by atoms with E-state index in [2.05, 4.69) is 15.6 Å². The van der Waals surface area contributed by atoms with E-state index in [4.69, 9.17) is 0 Å². The Labute approximate surface area is 168 Å². The third-order valence-corrected chi connectivity index (χ3v) is 4.26. The van der Waals surface area contributed by atoms with Crippen molar-refractivity contribution in [3.05, 3.63) is 84.9 Å². The summed E-state index contributed by atoms with van der Waals surface area (Å²) in [6.07, 6.45) is 2.68. The van der Waals surface area contributed by atoms with Crippen LogP contribution >= 0.6 is 0 Å². The molecule has 4 rings (SSSR count). The molecule has 0 saturated carbocycles. The number of aromatic nitrogens is 1. The standard InChI is InChI=1S/C15H10N5O5.Na/c1-18-7-9(8-4-2-3-5-10(8)18)13-11(19(21)22)6-12(20(23)24)14-15(13)17-25-16-14;/h2-7,13H,1H3;/q-1;+1. The molecule has 0 radical (unpaired) electrons. The van der Waals surface area contributed by atoms with E-state index in [9.17, 15) is 20.2 Å². The molecule has 26 heavy (non-hydrogen) atoms. The molecule has 2 aromatic rings. The smallest absolute Gasteiger partial charge is 0.472 e. The van der Waals surface area contributed by atoms with Crippen LogP contribution in [0.2, 0.25) is 0 Å². The number of aryl methyl sites for hydroxylation is 1. The van der Waals surface area contributed by atoms with Crippen LogP contribution in [0.1, 0.15) is 11.5 Å². The largest absolute Gasteiger partial charge is 1.00 e. The van der Waals surface area contributed by atoms with E-state index in [-0.39, 0.29) is 46.7 Å². The van der Waals surface area contributed by atoms with Crippen molar-refractivity contribution < 1.29 is 44.3 Å². The van der Waals surface area contributed by atoms with Crippen LogP contribution in [0.5, 0.6) is 0 Å². The van der Waals surface area contributed by atoms with Gasteiger partial charge in [0.1, 0.15) is 5.92 Å². The summed E-state index contributed by atoms with van der Waals surface area (Å²) in [7, 11) is 1.82. The van der Waals surface area contributed by atoms with Crippen LogP contribution in [-0.2, 0) is 12.0 Å². The number of nitrogens with zero attached hydrogens (tertiary/aromatic N) is 5. The fourth-order valence-corrected chi connectivity index (χ4v) is 3.20. The average molecular weight is 363 g/mol. The van der Waals surface area contributed by atoms with Crippen LogP contribution < -0.4 is 29.6 Å². The molecule has 0 saturated heterocycles. The summed E-state index contributed by atoms with van der Waals surface area (Å²) in [5.41, 5.74) is 4.20. The Bertz CT molecular complexity index is 1040. The first kappa shape index (κ1) is 18.1. The van der Waals surface area contributed by atoms with Gasteiger partial charge in [-0.3, -0.25) is 20.2 Å². The SMILES string of the molecule is Cn1cc(C2C([N+](=O)[O-])=CC([N+](=O)[O-])=C3[N-]ON=C32)c2ccccc21.[Na+]. The number of hydrogen-bond acceptors (Lipinski definition) is 6. The molecule has 1 aliphatic heterocycles. The van der Waals surface area contributed by atoms with E-state index in [1.807, 2.05) is 35.9 Å². The van der Waals surface area contributed by atoms with Gasteiger partial charge in [-0.25, -0.2) is 0 Å². The molecule has 0 N–H and O–H groups in total. The molecule has 2 aliphatic rings. The summed E-state index contributed by atoms with van der Waals surface area (Å²) in [5, 5.41) is 27.4. The number of oxime groups is 1. The van der Waals surface area contributed by atoms with Gasteiger partial charge in [0.15, 0.2) is 0 Å². The zero-order valence-corrected chi connectivity index (χ0v) is 15.8. The molecule has 0 amide bonds. The quantitative estimate of drug-likeness (QED) is 0.417. The van der Waals surface area contributed by atoms with Crippen LogP contribution in [0, 0.1) is 20.2 Å². The van der Waals surface area contributed by atoms with Gasteiger partial charge in [-0.2, -0.15) is 0 Å². The molecular weight excluding hydrogens is 353 g/mol. The van der Waals surface area contributed by atoms with E-state index in [0.29, 0.717) is 5.56 Å². The third kappa shape index (κ3) is 2.59. The van der Waals surface area contributed by atoms with Gasteiger partial charge in [0, 0.05) is 24.1 Å². The molecule has 126 valence electrons. The maximum Gasteiger partial charge on any atom is 1.00 e. The maximum absolute atomic E-state index is 11.6. The van der Waals surface area contributed by atoms with Crippen LogP contribution in [0.15, 0.2) is 58.8 Å². The van der Waals surface area contributed by atoms with Crippen LogP contribution in [0.25, 0.3) is 16.4 Å². The molecule has 0 fully saturated rings. The van der Waals surface area contributed by atoms with E-state index in [1.54, 1.807) is 6.20 Å². The van der Waals surface area contributed by atoms with E-state index in [1.165, 1.54) is 0 Å². The second-order valence-corrected chi connectivity index (χ2v) is 5.61. The van der Waals surface area contributed by atoms with E-state index in [0.717, 1.165) is 17.0 Å². The zero-order chi connectivity index (χ0) is 17.7. The molecule has 1 aromatic carbocycles. The minimum Gasteiger partial charge on any atom is -0.472 e. The molecular formula is C15H10N5NaO5. The molecule has 1 atom stereocenters. The predicted octanol–water partition coefficient (Wildman–Crippen LogP) is -0.397. The topological polar surface area (TPSA) is 127 Å². The number of fused-ring (bicyclic) bond motifs is 2. The maximum atomic E-state index is 11.6. The summed E-state index contributed by atoms with van der Waals surface area (Å²) < 4.78 is 1.84. The van der Waals surface area contributed by atoms with E-state index < -0.39 is 21.5 Å². The molecule has 2 heterocycles. The van der Waals surface area contributed by atoms with Gasteiger partial charge < -0.3 is 15.0 Å². The molecule has 1 aromatic heterocycles. The first-order valence-corrected chi connectivity index (χ1v) is 7.23. The van der Waals surface area contributed by atoms with Gasteiger partial charge in [0.25, 0.3) is 11.4 Å². The Morgan fingerprint density at radius 3 is 2.65 bits per heavy atom. The number of hydroxylamine groups is 1. The minimum absolute atomic E-state index is 0. The van der Waals surface area contributed by atoms with Crippen LogP contribution in [0.4, 0.5) is 0 Å². The van der Waals surface area contributed by atoms with Gasteiger partial charge >= 0.3 is 29.6 Å². The van der Waals surface area contributed by atoms with Crippen molar-refractivity contribution in [3.8, 4) is 0 Å². The molecule has 1 unspecified atom stereocenters. The van der Waals surface area contributed by atoms with Gasteiger partial charge in [-0.15, -0.1) is 5.16 Å². The van der Waals surface area contributed by atoms with Crippen molar-refractivity contribution in [3.63, 3.8) is 0 Å². The van der Waals surface area contributed by atoms with E-state index >= 15 is 0 Å². The van der Waals surface area contributed by atoms with Gasteiger partial charge in [-0.05, 0) is 17.3 Å². The number of allylic oxidation sites excluding steroid dienone is 3.